The molecule has 10 nitrogen and oxygen atoms in total. The number of tetrazole rings is 1. The number of halogens is 1. The molecular weight excluding hydrogens is 537 g/mol. The summed E-state index contributed by atoms with van der Waals surface area (Å²) in [5, 5.41) is 16.2. The van der Waals surface area contributed by atoms with E-state index in [2.05, 4.69) is 25.7 Å². The van der Waals surface area contributed by atoms with Gasteiger partial charge in [-0.25, -0.2) is 4.39 Å². The van der Waals surface area contributed by atoms with Crippen LogP contribution in [-0.2, 0) is 20.9 Å². The molecule has 6 rings (SSSR count). The van der Waals surface area contributed by atoms with Crippen molar-refractivity contribution in [3.63, 3.8) is 0 Å². The van der Waals surface area contributed by atoms with Crippen LogP contribution in [0.15, 0.2) is 79.0 Å². The molecule has 1 fully saturated rings. The Kier molecular flexibility index (Phi) is 7.74. The number of hydrogen-bond donors (Lipinski definition) is 2. The highest BCUT2D eigenvalue weighted by molar-refractivity contribution is 6.03. The number of benzene rings is 3. The number of carbonyl (C=O) groups is 2. The molecule has 1 aliphatic rings. The number of nitrogens with zero attached hydrogens (tertiary/aromatic N) is 5. The Morgan fingerprint density at radius 1 is 1.12 bits per heavy atom. The number of H-pyrrole nitrogens is 1. The van der Waals surface area contributed by atoms with E-state index < -0.39 is 23.7 Å². The lowest BCUT2D eigenvalue weighted by molar-refractivity contribution is -0.127. The summed E-state index contributed by atoms with van der Waals surface area (Å²) < 4.78 is 21.1. The van der Waals surface area contributed by atoms with Gasteiger partial charge in [-0.1, -0.05) is 60.2 Å². The summed E-state index contributed by atoms with van der Waals surface area (Å²) in [4.78, 5) is 33.6. The predicted molar refractivity (Wildman–Crippen MR) is 155 cm³/mol. The van der Waals surface area contributed by atoms with Crippen LogP contribution in [0.3, 0.4) is 0 Å². The van der Waals surface area contributed by atoms with Crippen LogP contribution in [0.4, 0.5) is 10.1 Å². The monoisotopic (exact) mass is 567 g/mol. The maximum Gasteiger partial charge on any atom is 0.251 e. The maximum atomic E-state index is 15.4. The van der Waals surface area contributed by atoms with E-state index in [1.165, 1.54) is 23.1 Å². The van der Waals surface area contributed by atoms with E-state index in [1.54, 1.807) is 12.3 Å². The molecule has 2 aromatic heterocycles. The zero-order valence-corrected chi connectivity index (χ0v) is 23.0. The molecule has 0 saturated carbocycles. The van der Waals surface area contributed by atoms with E-state index in [9.17, 15) is 9.59 Å². The van der Waals surface area contributed by atoms with Crippen LogP contribution < -0.4 is 10.2 Å². The summed E-state index contributed by atoms with van der Waals surface area (Å²) in [6.45, 7) is 2.53. The molecule has 3 aromatic carbocycles. The summed E-state index contributed by atoms with van der Waals surface area (Å²) >= 11 is 0. The van der Waals surface area contributed by atoms with Crippen LogP contribution in [-0.4, -0.2) is 56.3 Å². The van der Waals surface area contributed by atoms with E-state index >= 15 is 4.39 Å². The number of aromatic amines is 1. The van der Waals surface area contributed by atoms with Crippen molar-refractivity contribution in [1.29, 1.82) is 0 Å². The molecule has 2 amide bonds. The SMILES string of the molecule is Cc1ccc(-c2nnn(CC(=O)N(c3ccccc3F)[C@H](C(=O)NC[C@H]3CCCO3)c3c[nH]c4ccccc34)n2)cc1. The van der Waals surface area contributed by atoms with Gasteiger partial charge in [0.25, 0.3) is 5.91 Å². The number of amides is 2. The van der Waals surface area contributed by atoms with Crippen LogP contribution in [0.2, 0.25) is 0 Å². The van der Waals surface area contributed by atoms with Gasteiger partial charge in [0.2, 0.25) is 11.7 Å². The second kappa shape index (κ2) is 11.9. The molecule has 2 atom stereocenters. The Hall–Kier alpha value is -4.90. The van der Waals surface area contributed by atoms with E-state index in [1.807, 2.05) is 55.5 Å². The van der Waals surface area contributed by atoms with Crippen LogP contribution in [0, 0.1) is 12.7 Å². The molecule has 0 radical (unpaired) electrons. The standard InChI is InChI=1S/C31H30FN7O3/c1-20-12-14-21(15-13-20)30-35-37-38(36-30)19-28(40)39(27-11-5-3-9-25(27)32)29(31(41)34-17-22-7-6-16-42-22)24-18-33-26-10-4-2-8-23(24)26/h2-5,8-15,18,22,29,33H,6-7,16-17,19H2,1H3,(H,34,41)/t22-,29+/m1/s1. The number of rotatable bonds is 9. The van der Waals surface area contributed by atoms with Gasteiger partial charge in [0.15, 0.2) is 0 Å². The Morgan fingerprint density at radius 3 is 2.69 bits per heavy atom. The summed E-state index contributed by atoms with van der Waals surface area (Å²) in [5.74, 6) is -1.34. The predicted octanol–water partition coefficient (Wildman–Crippen LogP) is 4.34. The quantitative estimate of drug-likeness (QED) is 0.274. The zero-order valence-electron chi connectivity index (χ0n) is 23.0. The number of aryl methyl sites for hydroxylation is 1. The van der Waals surface area contributed by atoms with E-state index in [-0.39, 0.29) is 24.9 Å². The van der Waals surface area contributed by atoms with Gasteiger partial charge in [-0.3, -0.25) is 14.5 Å². The van der Waals surface area contributed by atoms with Gasteiger partial charge in [0.05, 0.1) is 11.8 Å². The Bertz CT molecular complexity index is 1710. The summed E-state index contributed by atoms with van der Waals surface area (Å²) in [6.07, 6.45) is 3.32. The molecule has 0 bridgehead atoms. The minimum atomic E-state index is -1.20. The summed E-state index contributed by atoms with van der Waals surface area (Å²) in [7, 11) is 0. The van der Waals surface area contributed by atoms with Gasteiger partial charge < -0.3 is 15.0 Å². The van der Waals surface area contributed by atoms with E-state index in [0.717, 1.165) is 39.7 Å². The number of aromatic nitrogens is 5. The highest BCUT2D eigenvalue weighted by atomic mass is 19.1. The van der Waals surface area contributed by atoms with Crippen molar-refractivity contribution in [3.8, 4) is 11.4 Å². The lowest BCUT2D eigenvalue weighted by Gasteiger charge is -2.31. The van der Waals surface area contributed by atoms with E-state index in [4.69, 9.17) is 4.74 Å². The van der Waals surface area contributed by atoms with Crippen molar-refractivity contribution in [1.82, 2.24) is 30.5 Å². The normalized spacial score (nSPS) is 15.5. The largest absolute Gasteiger partial charge is 0.376 e. The highest BCUT2D eigenvalue weighted by Gasteiger charge is 2.36. The number of carbonyl (C=O) groups excluding carboxylic acids is 2. The fourth-order valence-electron chi connectivity index (χ4n) is 5.22. The molecule has 42 heavy (non-hydrogen) atoms. The van der Waals surface area contributed by atoms with Crippen molar-refractivity contribution >= 4 is 28.4 Å². The van der Waals surface area contributed by atoms with Gasteiger partial charge >= 0.3 is 0 Å². The maximum absolute atomic E-state index is 15.4. The first-order valence-electron chi connectivity index (χ1n) is 13.8. The lowest BCUT2D eigenvalue weighted by Crippen LogP contribution is -2.47. The smallest absolute Gasteiger partial charge is 0.251 e. The first-order chi connectivity index (χ1) is 20.5. The van der Waals surface area contributed by atoms with Crippen molar-refractivity contribution < 1.29 is 18.7 Å². The van der Waals surface area contributed by atoms with Crippen LogP contribution in [0.25, 0.3) is 22.3 Å². The molecule has 1 saturated heterocycles. The summed E-state index contributed by atoms with van der Waals surface area (Å²) in [6, 6.07) is 19.8. The van der Waals surface area contributed by atoms with Gasteiger partial charge in [-0.15, -0.1) is 10.2 Å². The molecular formula is C31H30FN7O3. The van der Waals surface area contributed by atoms with Gasteiger partial charge in [0.1, 0.15) is 18.4 Å². The third-order valence-electron chi connectivity index (χ3n) is 7.37. The fourth-order valence-corrected chi connectivity index (χ4v) is 5.22. The van der Waals surface area contributed by atoms with E-state index in [0.29, 0.717) is 18.0 Å². The second-order valence-corrected chi connectivity index (χ2v) is 10.3. The molecule has 5 aromatic rings. The first-order valence-corrected chi connectivity index (χ1v) is 13.8. The third kappa shape index (κ3) is 5.64. The average molecular weight is 568 g/mol. The number of para-hydroxylation sites is 2. The van der Waals surface area contributed by atoms with Crippen LogP contribution in [0.5, 0.6) is 0 Å². The topological polar surface area (TPSA) is 118 Å². The highest BCUT2D eigenvalue weighted by Crippen LogP contribution is 2.34. The van der Waals surface area contributed by atoms with Gasteiger partial charge in [0, 0.05) is 41.4 Å². The van der Waals surface area contributed by atoms with Crippen molar-refractivity contribution in [2.24, 2.45) is 0 Å². The van der Waals surface area contributed by atoms with Crippen molar-refractivity contribution in [3.05, 3.63) is 95.9 Å². The van der Waals surface area contributed by atoms with Gasteiger partial charge in [-0.05, 0) is 43.2 Å². The molecule has 0 unspecified atom stereocenters. The first kappa shape index (κ1) is 27.3. The summed E-state index contributed by atoms with van der Waals surface area (Å²) in [5.41, 5.74) is 3.10. The molecule has 11 heteroatoms. The Morgan fingerprint density at radius 2 is 1.90 bits per heavy atom. The third-order valence-corrected chi connectivity index (χ3v) is 7.37. The number of nitrogens with one attached hydrogen (secondary N) is 2. The number of fused-ring (bicyclic) bond motifs is 1. The molecule has 214 valence electrons. The zero-order chi connectivity index (χ0) is 29.1. The molecule has 0 spiro atoms. The lowest BCUT2D eigenvalue weighted by atomic mass is 10.0. The Labute approximate surface area is 241 Å². The number of hydrogen-bond acceptors (Lipinski definition) is 6. The van der Waals surface area contributed by atoms with Crippen molar-refractivity contribution in [2.45, 2.75) is 38.5 Å². The van der Waals surface area contributed by atoms with Crippen LogP contribution in [0.1, 0.15) is 30.0 Å². The molecule has 3 heterocycles. The molecule has 1 aliphatic heterocycles. The van der Waals surface area contributed by atoms with Crippen molar-refractivity contribution in [2.75, 3.05) is 18.1 Å². The Balaban J connectivity index is 1.38. The molecule has 2 N–H and O–H groups in total. The number of anilines is 1. The fraction of sp³-hybridized carbons (Fsp3) is 0.258. The minimum absolute atomic E-state index is 0.0380. The van der Waals surface area contributed by atoms with Gasteiger partial charge in [-0.2, -0.15) is 4.80 Å². The minimum Gasteiger partial charge on any atom is -0.376 e. The average Bonchev–Trinajstić information content (AvgIpc) is 3.77. The number of ether oxygens (including phenoxy) is 1. The van der Waals surface area contributed by atoms with Crippen LogP contribution >= 0.6 is 0 Å². The second-order valence-electron chi connectivity index (χ2n) is 10.3. The molecule has 0 aliphatic carbocycles.